The highest BCUT2D eigenvalue weighted by molar-refractivity contribution is 5.83. The summed E-state index contributed by atoms with van der Waals surface area (Å²) in [5, 5.41) is 14.3. The van der Waals surface area contributed by atoms with Gasteiger partial charge in [0, 0.05) is 24.9 Å². The molecule has 2 atom stereocenters. The van der Waals surface area contributed by atoms with Gasteiger partial charge in [-0.05, 0) is 50.4 Å². The van der Waals surface area contributed by atoms with Crippen LogP contribution in [0.4, 0.5) is 13.2 Å². The number of piperidine rings is 1. The number of benzene rings is 1. The van der Waals surface area contributed by atoms with Gasteiger partial charge in [0.05, 0.1) is 22.7 Å². The zero-order valence-corrected chi connectivity index (χ0v) is 15.0. The molecular weight excluding hydrogens is 371 g/mol. The number of rotatable bonds is 4. The summed E-state index contributed by atoms with van der Waals surface area (Å²) in [6.45, 7) is 2.56. The summed E-state index contributed by atoms with van der Waals surface area (Å²) in [7, 11) is 1.68. The highest BCUT2D eigenvalue weighted by Crippen LogP contribution is 2.41. The molecule has 1 saturated carbocycles. The van der Waals surface area contributed by atoms with Gasteiger partial charge in [0.2, 0.25) is 0 Å². The number of carboxylic acids is 1. The first-order valence-electron chi connectivity index (χ1n) is 9.23. The highest BCUT2D eigenvalue weighted by Gasteiger charge is 2.44. The van der Waals surface area contributed by atoms with Gasteiger partial charge in [0.1, 0.15) is 0 Å². The zero-order chi connectivity index (χ0) is 19.3. The molecule has 1 unspecified atom stereocenters. The first-order chi connectivity index (χ1) is 12.7. The Balaban J connectivity index is 0.00000225. The molecule has 0 spiro atoms. The molecule has 0 amide bonds. The SMILES string of the molecule is C.Cn1nc(C2CCN(CC3C[C@H]3C(=O)O)CC2)c2ccc(C(F)(F)F)cc21. The molecule has 5 nitrogen and oxygen atoms in total. The summed E-state index contributed by atoms with van der Waals surface area (Å²) in [5.74, 6) is -0.412. The van der Waals surface area contributed by atoms with Crippen LogP contribution >= 0.6 is 0 Å². The summed E-state index contributed by atoms with van der Waals surface area (Å²) in [6, 6.07) is 3.83. The van der Waals surface area contributed by atoms with E-state index in [9.17, 15) is 18.0 Å². The van der Waals surface area contributed by atoms with Gasteiger partial charge < -0.3 is 10.0 Å². The van der Waals surface area contributed by atoms with Crippen LogP contribution in [0.5, 0.6) is 0 Å². The van der Waals surface area contributed by atoms with E-state index >= 15 is 0 Å². The topological polar surface area (TPSA) is 58.4 Å². The Bertz CT molecular complexity index is 869. The van der Waals surface area contributed by atoms with Crippen LogP contribution in [0.3, 0.4) is 0 Å². The third-order valence-corrected chi connectivity index (χ3v) is 5.91. The molecule has 1 aromatic carbocycles. The molecule has 1 aliphatic heterocycles. The third-order valence-electron chi connectivity index (χ3n) is 5.91. The first kappa shape index (κ1) is 20.6. The van der Waals surface area contributed by atoms with Crippen molar-refractivity contribution in [1.82, 2.24) is 14.7 Å². The highest BCUT2D eigenvalue weighted by atomic mass is 19.4. The molecule has 2 heterocycles. The van der Waals surface area contributed by atoms with E-state index in [0.29, 0.717) is 5.52 Å². The largest absolute Gasteiger partial charge is 0.481 e. The third kappa shape index (κ3) is 3.87. The fourth-order valence-electron chi connectivity index (χ4n) is 4.24. The van der Waals surface area contributed by atoms with E-state index in [1.54, 1.807) is 7.05 Å². The standard InChI is InChI=1S/C19H22F3N3O2.CH4/c1-24-16-9-13(19(20,21)22)2-3-14(16)17(23-24)11-4-6-25(7-5-11)10-12-8-15(12)18(26)27;/h2-3,9,11-12,15H,4-8,10H2,1H3,(H,26,27);1H4/t12?,15-;/m1./s1. The minimum absolute atomic E-state index is 0. The van der Waals surface area contributed by atoms with Crippen molar-refractivity contribution in [1.29, 1.82) is 0 Å². The number of fused-ring (bicyclic) bond motifs is 1. The lowest BCUT2D eigenvalue weighted by Crippen LogP contribution is -2.35. The first-order valence-corrected chi connectivity index (χ1v) is 9.23. The van der Waals surface area contributed by atoms with Gasteiger partial charge in [0.15, 0.2) is 0 Å². The maximum absolute atomic E-state index is 13.0. The van der Waals surface area contributed by atoms with Crippen LogP contribution in [0.15, 0.2) is 18.2 Å². The van der Waals surface area contributed by atoms with Crippen molar-refractivity contribution < 1.29 is 23.1 Å². The van der Waals surface area contributed by atoms with E-state index in [-0.39, 0.29) is 25.2 Å². The lowest BCUT2D eigenvalue weighted by atomic mass is 9.91. The molecule has 1 aromatic heterocycles. The van der Waals surface area contributed by atoms with Gasteiger partial charge >= 0.3 is 12.1 Å². The number of halogens is 3. The van der Waals surface area contributed by atoms with Crippen LogP contribution in [-0.4, -0.2) is 45.4 Å². The predicted octanol–water partition coefficient (Wildman–Crippen LogP) is 4.13. The number of aromatic nitrogens is 2. The van der Waals surface area contributed by atoms with Crippen molar-refractivity contribution in [3.8, 4) is 0 Å². The fourth-order valence-corrected chi connectivity index (χ4v) is 4.24. The van der Waals surface area contributed by atoms with Gasteiger partial charge in [-0.2, -0.15) is 18.3 Å². The zero-order valence-electron chi connectivity index (χ0n) is 15.0. The van der Waals surface area contributed by atoms with Crippen LogP contribution in [0.25, 0.3) is 10.9 Å². The number of alkyl halides is 3. The molecule has 28 heavy (non-hydrogen) atoms. The van der Waals surface area contributed by atoms with Crippen molar-refractivity contribution in [2.45, 2.75) is 38.8 Å². The average molecular weight is 397 g/mol. The van der Waals surface area contributed by atoms with E-state index in [1.807, 2.05) is 0 Å². The lowest BCUT2D eigenvalue weighted by Gasteiger charge is -2.31. The van der Waals surface area contributed by atoms with Crippen molar-refractivity contribution >= 4 is 16.9 Å². The van der Waals surface area contributed by atoms with E-state index in [0.717, 1.165) is 56.0 Å². The molecule has 0 radical (unpaired) electrons. The second-order valence-corrected chi connectivity index (χ2v) is 7.75. The number of likely N-dealkylation sites (tertiary alicyclic amines) is 1. The monoisotopic (exact) mass is 397 g/mol. The molecule has 4 rings (SSSR count). The second-order valence-electron chi connectivity index (χ2n) is 7.75. The normalized spacial score (nSPS) is 23.6. The number of nitrogens with zero attached hydrogens (tertiary/aromatic N) is 3. The Morgan fingerprint density at radius 2 is 1.96 bits per heavy atom. The van der Waals surface area contributed by atoms with E-state index in [2.05, 4.69) is 10.00 Å². The van der Waals surface area contributed by atoms with Gasteiger partial charge in [-0.15, -0.1) is 0 Å². The van der Waals surface area contributed by atoms with Gasteiger partial charge in [0.25, 0.3) is 0 Å². The molecule has 154 valence electrons. The number of carbonyl (C=O) groups is 1. The van der Waals surface area contributed by atoms with Crippen molar-refractivity contribution in [3.05, 3.63) is 29.5 Å². The molecule has 1 N–H and O–H groups in total. The van der Waals surface area contributed by atoms with Crippen molar-refractivity contribution in [3.63, 3.8) is 0 Å². The molecular formula is C20H26F3N3O2. The Labute approximate surface area is 162 Å². The number of aliphatic carboxylic acids is 1. The average Bonchev–Trinajstić information content (AvgIpc) is 3.31. The summed E-state index contributed by atoms with van der Waals surface area (Å²) in [5.41, 5.74) is 0.719. The quantitative estimate of drug-likeness (QED) is 0.843. The Kier molecular flexibility index (Phi) is 5.44. The van der Waals surface area contributed by atoms with Crippen LogP contribution in [-0.2, 0) is 18.0 Å². The number of hydrogen-bond acceptors (Lipinski definition) is 3. The Hall–Kier alpha value is -2.09. The molecule has 2 fully saturated rings. The minimum Gasteiger partial charge on any atom is -0.481 e. The molecule has 8 heteroatoms. The van der Waals surface area contributed by atoms with E-state index in [4.69, 9.17) is 5.11 Å². The number of carboxylic acid groups (broad SMARTS) is 1. The second kappa shape index (κ2) is 7.39. The Morgan fingerprint density at radius 1 is 1.29 bits per heavy atom. The fraction of sp³-hybridized carbons (Fsp3) is 0.600. The van der Waals surface area contributed by atoms with Gasteiger partial charge in [-0.3, -0.25) is 9.48 Å². The molecule has 2 aliphatic rings. The molecule has 2 aromatic rings. The summed E-state index contributed by atoms with van der Waals surface area (Å²) in [6.07, 6.45) is -1.82. The van der Waals surface area contributed by atoms with E-state index in [1.165, 1.54) is 16.8 Å². The summed E-state index contributed by atoms with van der Waals surface area (Å²) in [4.78, 5) is 13.3. The van der Waals surface area contributed by atoms with Crippen LogP contribution in [0.2, 0.25) is 0 Å². The number of hydrogen-bond donors (Lipinski definition) is 1. The molecule has 0 bridgehead atoms. The molecule has 1 saturated heterocycles. The predicted molar refractivity (Wildman–Crippen MR) is 100 cm³/mol. The summed E-state index contributed by atoms with van der Waals surface area (Å²) < 4.78 is 40.4. The lowest BCUT2D eigenvalue weighted by molar-refractivity contribution is -0.139. The van der Waals surface area contributed by atoms with Crippen LogP contribution in [0, 0.1) is 11.8 Å². The van der Waals surface area contributed by atoms with Crippen LogP contribution in [0.1, 0.15) is 43.9 Å². The number of aryl methyl sites for hydroxylation is 1. The maximum Gasteiger partial charge on any atom is 0.416 e. The van der Waals surface area contributed by atoms with Crippen molar-refractivity contribution in [2.75, 3.05) is 19.6 Å². The summed E-state index contributed by atoms with van der Waals surface area (Å²) >= 11 is 0. The smallest absolute Gasteiger partial charge is 0.416 e. The maximum atomic E-state index is 13.0. The van der Waals surface area contributed by atoms with Crippen LogP contribution < -0.4 is 0 Å². The molecule has 1 aliphatic carbocycles. The van der Waals surface area contributed by atoms with Gasteiger partial charge in [-0.1, -0.05) is 13.5 Å². The van der Waals surface area contributed by atoms with Crippen molar-refractivity contribution in [2.24, 2.45) is 18.9 Å². The van der Waals surface area contributed by atoms with E-state index < -0.39 is 17.7 Å². The van der Waals surface area contributed by atoms with Gasteiger partial charge in [-0.25, -0.2) is 0 Å². The Morgan fingerprint density at radius 3 is 2.54 bits per heavy atom. The minimum atomic E-state index is -4.36.